The Balaban J connectivity index is 1.24. The van der Waals surface area contributed by atoms with Crippen LogP contribution in [0.5, 0.6) is 5.75 Å². The number of nitrogens with two attached hydrogens (primary N) is 1. The molecule has 0 bridgehead atoms. The Kier molecular flexibility index (Phi) is 38.1. The molecule has 0 spiro atoms. The second-order valence-electron chi connectivity index (χ2n) is 29.2. The van der Waals surface area contributed by atoms with Gasteiger partial charge in [-0.25, -0.2) is 4.79 Å². The van der Waals surface area contributed by atoms with Crippen LogP contribution in [0.15, 0.2) is 85.1 Å². The van der Waals surface area contributed by atoms with Crippen molar-refractivity contribution in [1.82, 2.24) is 77.8 Å². The SMILES string of the molecule is CC(C)C[C@H](NC(=O)[C@H](Cc1ccc(O)cc1)NC(=O)C(CCCNC(=N)N)NC(=O)C(CO)NC(=O)C(Cc1ccccc1)NC(=O)[C@H](CC1CCCCC1)NC(=O)[C@@H](CC(=O)O)NC(=O)CN1CCN(CC(=O)O)CCN(CC(=O)O)CCN(CC(=O)O)CC1)C(=O)N[C@@H](Cc1c[nH]c2ccccc12)C(=O)N[C@@H](CO)C(=O)O. The number of aromatic nitrogens is 1. The van der Waals surface area contributed by atoms with Crippen LogP contribution < -0.4 is 58.9 Å². The Labute approximate surface area is 663 Å². The predicted molar refractivity (Wildman–Crippen MR) is 414 cm³/mol. The summed E-state index contributed by atoms with van der Waals surface area (Å²) in [6, 6.07) is 5.97. The number of phenolic OH excluding ortho intramolecular Hbond substituents is 1. The molecule has 3 unspecified atom stereocenters. The summed E-state index contributed by atoms with van der Waals surface area (Å²) >= 11 is 0. The smallest absolute Gasteiger partial charge is 0.328 e. The standard InChI is InChI=1S/C76H109N17O22/c1-45(2)32-54(68(107)87-58(72(111)89-61(44-95)75(114)115)36-49-38-80-52-17-10-9-16-51(49)52)83-69(108)57(35-48-19-21-50(96)22-20-48)84-67(106)53(18-11-23-79-76(77)78)82-74(113)60(43-94)88-71(110)56(34-47-14-7-4-8-15-47)85-70(109)55(33-46-12-5-3-6-13-46)86-73(112)59(37-63(98)99)81-62(97)39-90-24-26-91(40-64(100)101)28-30-93(42-66(104)105)31-29-92(27-25-90)41-65(102)103/h4,7-10,14-17,19-22,38,45-46,53-61,80,94-96H,3,5-6,11-13,18,23-37,39-44H2,1-2H3,(H,81,97)(H,82,113)(H,83,108)(H,84,106)(H,85,109)(H,86,112)(H,87,107)(H,88,110)(H,89,111)(H,98,99)(H,100,101)(H,102,103)(H,104,105)(H,114,115)(H4,77,78,79)/t53?,54-,55-,56?,57-,58-,59+,60?,61-/m0/s1. The van der Waals surface area contributed by atoms with Gasteiger partial charge < -0.3 is 105 Å². The summed E-state index contributed by atoms with van der Waals surface area (Å²) in [4.78, 5) is 201. The number of phenols is 1. The van der Waals surface area contributed by atoms with E-state index >= 15 is 0 Å². The zero-order valence-corrected chi connectivity index (χ0v) is 64.4. The third-order valence-electron chi connectivity index (χ3n) is 19.6. The van der Waals surface area contributed by atoms with Crippen LogP contribution in [0.4, 0.5) is 0 Å². The van der Waals surface area contributed by atoms with Crippen molar-refractivity contribution in [3.63, 3.8) is 0 Å². The largest absolute Gasteiger partial charge is 0.508 e. The third kappa shape index (κ3) is 32.9. The van der Waals surface area contributed by atoms with E-state index in [1.807, 2.05) is 0 Å². The molecule has 39 nitrogen and oxygen atoms in total. The topological polar surface area (TPSA) is 600 Å². The number of hydrogen-bond acceptors (Lipinski definition) is 22. The lowest BCUT2D eigenvalue weighted by Gasteiger charge is -2.33. The minimum Gasteiger partial charge on any atom is -0.508 e. The molecule has 6 rings (SSSR count). The van der Waals surface area contributed by atoms with E-state index in [1.165, 1.54) is 34.1 Å². The van der Waals surface area contributed by atoms with Gasteiger partial charge in [-0.15, -0.1) is 0 Å². The quantitative estimate of drug-likeness (QED) is 0.0116. The second-order valence-corrected chi connectivity index (χ2v) is 29.2. The van der Waals surface area contributed by atoms with E-state index in [4.69, 9.17) is 11.1 Å². The summed E-state index contributed by atoms with van der Waals surface area (Å²) in [5, 5.41) is 114. The van der Waals surface area contributed by atoms with Gasteiger partial charge in [-0.05, 0) is 72.4 Å². The molecule has 39 heteroatoms. The van der Waals surface area contributed by atoms with Gasteiger partial charge in [0, 0.05) is 95.3 Å². The third-order valence-corrected chi connectivity index (χ3v) is 19.6. The van der Waals surface area contributed by atoms with Crippen molar-refractivity contribution < 1.29 is 108 Å². The van der Waals surface area contributed by atoms with Gasteiger partial charge in [0.25, 0.3) is 0 Å². The molecule has 2 fully saturated rings. The lowest BCUT2D eigenvalue weighted by molar-refractivity contribution is -0.143. The summed E-state index contributed by atoms with van der Waals surface area (Å²) in [6.45, 7) is -0.135. The van der Waals surface area contributed by atoms with E-state index in [1.54, 1.807) is 84.4 Å². The Morgan fingerprint density at radius 1 is 0.470 bits per heavy atom. The number of hydrogen-bond donors (Lipinski definition) is 21. The fourth-order valence-corrected chi connectivity index (χ4v) is 13.5. The Hall–Kier alpha value is -11.4. The number of carbonyl (C=O) groups excluding carboxylic acids is 9. The Morgan fingerprint density at radius 2 is 0.887 bits per heavy atom. The number of aliphatic hydroxyl groups excluding tert-OH is 2. The lowest BCUT2D eigenvalue weighted by atomic mass is 9.84. The molecule has 1 saturated heterocycles. The van der Waals surface area contributed by atoms with Crippen LogP contribution in [-0.2, 0) is 86.4 Å². The van der Waals surface area contributed by atoms with Crippen molar-refractivity contribution in [3.8, 4) is 5.75 Å². The lowest BCUT2D eigenvalue weighted by Crippen LogP contribution is -2.61. The van der Waals surface area contributed by atoms with Crippen LogP contribution in [0.1, 0.15) is 94.7 Å². The van der Waals surface area contributed by atoms with E-state index in [2.05, 4.69) is 58.2 Å². The van der Waals surface area contributed by atoms with E-state index in [-0.39, 0.29) is 121 Å². The summed E-state index contributed by atoms with van der Waals surface area (Å²) in [5.41, 5.74) is 7.61. The number of rotatable bonds is 44. The normalized spacial score (nSPS) is 16.6. The van der Waals surface area contributed by atoms with E-state index < -0.39 is 189 Å². The highest BCUT2D eigenvalue weighted by Crippen LogP contribution is 2.28. The number of nitrogens with zero attached hydrogens (tertiary/aromatic N) is 4. The van der Waals surface area contributed by atoms with E-state index in [0.717, 1.165) is 19.3 Å². The molecule has 0 radical (unpaired) electrons. The molecule has 1 saturated carbocycles. The van der Waals surface area contributed by atoms with Gasteiger partial charge in [-0.3, -0.25) is 87.3 Å². The zero-order chi connectivity index (χ0) is 84.3. The number of para-hydroxylation sites is 1. The molecule has 2 aliphatic rings. The fourth-order valence-electron chi connectivity index (χ4n) is 13.5. The Morgan fingerprint density at radius 3 is 1.38 bits per heavy atom. The van der Waals surface area contributed by atoms with Gasteiger partial charge in [0.1, 0.15) is 60.1 Å². The van der Waals surface area contributed by atoms with Crippen molar-refractivity contribution in [1.29, 1.82) is 5.41 Å². The number of carbonyl (C=O) groups is 14. The number of aromatic amines is 1. The first-order valence-corrected chi connectivity index (χ1v) is 38.1. The number of nitrogens with one attached hydrogen (secondary N) is 12. The number of aliphatic hydroxyl groups is 2. The van der Waals surface area contributed by atoms with Crippen LogP contribution in [0.2, 0.25) is 0 Å². The molecule has 4 aromatic rings. The highest BCUT2D eigenvalue weighted by molar-refractivity contribution is 5.99. The zero-order valence-electron chi connectivity index (χ0n) is 64.4. The number of carboxylic acids is 5. The molecular weight excluding hydrogens is 1500 g/mol. The number of aliphatic carboxylic acids is 5. The molecular formula is C76H109N17O22. The first-order chi connectivity index (χ1) is 54.7. The number of carboxylic acid groups (broad SMARTS) is 5. The van der Waals surface area contributed by atoms with E-state index in [9.17, 15) is 108 Å². The number of amides is 9. The monoisotopic (exact) mass is 1610 g/mol. The van der Waals surface area contributed by atoms with Crippen LogP contribution in [0.3, 0.4) is 0 Å². The molecule has 2 heterocycles. The van der Waals surface area contributed by atoms with Crippen LogP contribution in [0.25, 0.3) is 10.9 Å². The average Bonchev–Trinajstić information content (AvgIpc) is 1.72. The van der Waals surface area contributed by atoms with Gasteiger partial charge in [0.05, 0.1) is 45.8 Å². The predicted octanol–water partition coefficient (Wildman–Crippen LogP) is -3.44. The molecule has 9 atom stereocenters. The maximum Gasteiger partial charge on any atom is 0.328 e. The minimum atomic E-state index is -1.90. The fraction of sp³-hybridized carbons (Fsp3) is 0.539. The molecule has 9 amide bonds. The summed E-state index contributed by atoms with van der Waals surface area (Å²) in [6.07, 6.45) is 3.04. The van der Waals surface area contributed by atoms with Crippen molar-refractivity contribution in [3.05, 3.63) is 102 Å². The molecule has 1 aliphatic carbocycles. The first-order valence-electron chi connectivity index (χ1n) is 38.1. The van der Waals surface area contributed by atoms with E-state index in [0.29, 0.717) is 40.4 Å². The number of aromatic hydroxyl groups is 1. The number of fused-ring (bicyclic) bond motifs is 1. The molecule has 115 heavy (non-hydrogen) atoms. The van der Waals surface area contributed by atoms with Gasteiger partial charge >= 0.3 is 29.8 Å². The maximum absolute atomic E-state index is 15.0. The van der Waals surface area contributed by atoms with Crippen molar-refractivity contribution in [2.24, 2.45) is 17.6 Å². The van der Waals surface area contributed by atoms with Gasteiger partial charge in [-0.1, -0.05) is 107 Å². The van der Waals surface area contributed by atoms with Gasteiger partial charge in [0.15, 0.2) is 5.96 Å². The highest BCUT2D eigenvalue weighted by Gasteiger charge is 2.38. The van der Waals surface area contributed by atoms with Crippen molar-refractivity contribution in [2.75, 3.05) is 98.3 Å². The minimum absolute atomic E-state index is 0.00266. The summed E-state index contributed by atoms with van der Waals surface area (Å²) in [5.74, 6) is -16.8. The maximum atomic E-state index is 15.0. The number of guanidine groups is 1. The molecule has 1 aliphatic heterocycles. The van der Waals surface area contributed by atoms with Crippen LogP contribution >= 0.6 is 0 Å². The summed E-state index contributed by atoms with van der Waals surface area (Å²) < 4.78 is 0. The van der Waals surface area contributed by atoms with Crippen LogP contribution in [-0.4, -0.2) is 307 Å². The molecule has 22 N–H and O–H groups in total. The van der Waals surface area contributed by atoms with Crippen molar-refractivity contribution in [2.45, 2.75) is 152 Å². The van der Waals surface area contributed by atoms with Gasteiger partial charge in [-0.2, -0.15) is 0 Å². The second kappa shape index (κ2) is 47.3. The molecule has 1 aromatic heterocycles. The van der Waals surface area contributed by atoms with Gasteiger partial charge in [0.2, 0.25) is 53.2 Å². The summed E-state index contributed by atoms with van der Waals surface area (Å²) in [7, 11) is 0. The van der Waals surface area contributed by atoms with Crippen LogP contribution in [0, 0.1) is 17.2 Å². The Bertz CT molecular complexity index is 3930. The average molecular weight is 1610 g/mol. The highest BCUT2D eigenvalue weighted by atomic mass is 16.4. The first kappa shape index (κ1) is 92.5. The molecule has 3 aromatic carbocycles. The van der Waals surface area contributed by atoms with Crippen molar-refractivity contribution >= 4 is 99.9 Å². The number of benzene rings is 3. The number of H-pyrrole nitrogens is 1. The molecule has 630 valence electrons.